The summed E-state index contributed by atoms with van der Waals surface area (Å²) in [5, 5.41) is 13.6. The largest absolute Gasteiger partial charge is 0.493 e. The van der Waals surface area contributed by atoms with Crippen LogP contribution in [0.3, 0.4) is 0 Å². The van der Waals surface area contributed by atoms with E-state index in [1.165, 1.54) is 30.6 Å². The van der Waals surface area contributed by atoms with Gasteiger partial charge in [-0.15, -0.1) is 11.3 Å². The third kappa shape index (κ3) is 3.03. The third-order valence-corrected chi connectivity index (χ3v) is 3.37. The van der Waals surface area contributed by atoms with Crippen molar-refractivity contribution in [3.8, 4) is 11.5 Å². The number of hydrogen-bond donors (Lipinski definition) is 1. The fourth-order valence-electron chi connectivity index (χ4n) is 1.66. The van der Waals surface area contributed by atoms with Crippen molar-refractivity contribution in [1.29, 1.82) is 0 Å². The van der Waals surface area contributed by atoms with E-state index in [1.54, 1.807) is 6.20 Å². The van der Waals surface area contributed by atoms with Crippen molar-refractivity contribution in [1.82, 2.24) is 4.98 Å². The molecule has 0 spiro atoms. The van der Waals surface area contributed by atoms with E-state index in [2.05, 4.69) is 4.98 Å². The van der Waals surface area contributed by atoms with Crippen LogP contribution in [0, 0.1) is 10.1 Å². The van der Waals surface area contributed by atoms with Crippen LogP contribution >= 0.6 is 11.3 Å². The molecule has 2 N–H and O–H groups in total. The van der Waals surface area contributed by atoms with Gasteiger partial charge in [-0.25, -0.2) is 4.98 Å². The minimum atomic E-state index is -0.488. The van der Waals surface area contributed by atoms with Gasteiger partial charge >= 0.3 is 0 Å². The fraction of sp³-hybridized carbons (Fsp3) is 0.250. The average molecular weight is 295 g/mol. The Morgan fingerprint density at radius 1 is 1.45 bits per heavy atom. The standard InChI is InChI=1S/C12H13N3O4S/c1-18-10-4-8(6-13)9(15(16)17)5-11(10)19-7-12-14-2-3-20-12/h2-5H,6-7,13H2,1H3. The highest BCUT2D eigenvalue weighted by Gasteiger charge is 2.19. The van der Waals surface area contributed by atoms with Crippen LogP contribution in [0.15, 0.2) is 23.7 Å². The summed E-state index contributed by atoms with van der Waals surface area (Å²) in [6.45, 7) is 0.284. The zero-order chi connectivity index (χ0) is 14.5. The first kappa shape index (κ1) is 14.2. The van der Waals surface area contributed by atoms with E-state index < -0.39 is 4.92 Å². The molecule has 0 aliphatic carbocycles. The maximum Gasteiger partial charge on any atom is 0.277 e. The zero-order valence-corrected chi connectivity index (χ0v) is 11.6. The van der Waals surface area contributed by atoms with Gasteiger partial charge in [0.2, 0.25) is 0 Å². The van der Waals surface area contributed by atoms with E-state index in [4.69, 9.17) is 15.2 Å². The molecule has 106 valence electrons. The van der Waals surface area contributed by atoms with Crippen LogP contribution in [0.1, 0.15) is 10.6 Å². The Kier molecular flexibility index (Phi) is 4.49. The number of nitro benzene ring substituents is 1. The molecule has 0 atom stereocenters. The molecule has 0 bridgehead atoms. The summed E-state index contributed by atoms with van der Waals surface area (Å²) in [5.74, 6) is 0.708. The molecule has 0 aliphatic heterocycles. The van der Waals surface area contributed by atoms with E-state index in [1.807, 2.05) is 5.38 Å². The molecule has 0 saturated heterocycles. The quantitative estimate of drug-likeness (QED) is 0.647. The summed E-state index contributed by atoms with van der Waals surface area (Å²) in [6.07, 6.45) is 1.67. The third-order valence-electron chi connectivity index (χ3n) is 2.62. The van der Waals surface area contributed by atoms with E-state index in [9.17, 15) is 10.1 Å². The first-order valence-corrected chi connectivity index (χ1v) is 6.60. The number of rotatable bonds is 6. The monoisotopic (exact) mass is 295 g/mol. The number of nitrogens with two attached hydrogens (primary N) is 1. The molecule has 7 nitrogen and oxygen atoms in total. The number of methoxy groups -OCH3 is 1. The Labute approximate surface area is 119 Å². The van der Waals surface area contributed by atoms with Crippen molar-refractivity contribution < 1.29 is 14.4 Å². The number of nitro groups is 1. The predicted octanol–water partition coefficient (Wildman–Crippen LogP) is 2.10. The van der Waals surface area contributed by atoms with Gasteiger partial charge in [-0.1, -0.05) is 0 Å². The highest BCUT2D eigenvalue weighted by Crippen LogP contribution is 2.35. The number of aromatic nitrogens is 1. The number of thiazole rings is 1. The van der Waals surface area contributed by atoms with Gasteiger partial charge < -0.3 is 15.2 Å². The molecule has 0 radical (unpaired) electrons. The fourth-order valence-corrected chi connectivity index (χ4v) is 2.19. The van der Waals surface area contributed by atoms with Crippen molar-refractivity contribution in [2.75, 3.05) is 7.11 Å². The van der Waals surface area contributed by atoms with Crippen LogP contribution in [0.4, 0.5) is 5.69 Å². The van der Waals surface area contributed by atoms with Crippen molar-refractivity contribution in [3.63, 3.8) is 0 Å². The van der Waals surface area contributed by atoms with E-state index >= 15 is 0 Å². The molecule has 1 aromatic carbocycles. The van der Waals surface area contributed by atoms with Gasteiger partial charge in [-0.2, -0.15) is 0 Å². The second-order valence-electron chi connectivity index (χ2n) is 3.81. The second kappa shape index (κ2) is 6.31. The van der Waals surface area contributed by atoms with Crippen molar-refractivity contribution >= 4 is 17.0 Å². The molecule has 2 rings (SSSR count). The molecule has 8 heteroatoms. The molecular formula is C12H13N3O4S. The zero-order valence-electron chi connectivity index (χ0n) is 10.7. The maximum atomic E-state index is 11.0. The van der Waals surface area contributed by atoms with E-state index in [0.717, 1.165) is 5.01 Å². The van der Waals surface area contributed by atoms with Gasteiger partial charge in [0.25, 0.3) is 5.69 Å². The molecular weight excluding hydrogens is 282 g/mol. The number of hydrogen-bond acceptors (Lipinski definition) is 7. The second-order valence-corrected chi connectivity index (χ2v) is 4.79. The molecule has 0 fully saturated rings. The lowest BCUT2D eigenvalue weighted by molar-refractivity contribution is -0.385. The molecule has 2 aromatic rings. The molecule has 1 heterocycles. The minimum absolute atomic E-state index is 0.0550. The Morgan fingerprint density at radius 2 is 2.25 bits per heavy atom. The van der Waals surface area contributed by atoms with E-state index in [0.29, 0.717) is 17.1 Å². The summed E-state index contributed by atoms with van der Waals surface area (Å²) in [4.78, 5) is 14.6. The lowest BCUT2D eigenvalue weighted by Gasteiger charge is -2.11. The summed E-state index contributed by atoms with van der Waals surface area (Å²) >= 11 is 1.44. The van der Waals surface area contributed by atoms with Crippen molar-refractivity contribution in [3.05, 3.63) is 44.4 Å². The molecule has 1 aromatic heterocycles. The van der Waals surface area contributed by atoms with Gasteiger partial charge in [0.1, 0.15) is 11.6 Å². The Hall–Kier alpha value is -2.19. The molecule has 0 saturated carbocycles. The van der Waals surface area contributed by atoms with Gasteiger partial charge in [-0.05, 0) is 6.07 Å². The molecule has 0 amide bonds. The van der Waals surface area contributed by atoms with Crippen LogP contribution < -0.4 is 15.2 Å². The Bertz CT molecular complexity index is 601. The lowest BCUT2D eigenvalue weighted by Crippen LogP contribution is -2.04. The summed E-state index contributed by atoms with van der Waals surface area (Å²) in [5.41, 5.74) is 5.82. The Balaban J connectivity index is 2.30. The van der Waals surface area contributed by atoms with Crippen molar-refractivity contribution in [2.45, 2.75) is 13.2 Å². The smallest absolute Gasteiger partial charge is 0.277 e. The lowest BCUT2D eigenvalue weighted by atomic mass is 10.1. The van der Waals surface area contributed by atoms with Crippen molar-refractivity contribution in [2.24, 2.45) is 5.73 Å². The van der Waals surface area contributed by atoms with Gasteiger partial charge in [0, 0.05) is 23.7 Å². The van der Waals surface area contributed by atoms with Crippen LogP contribution in [0.5, 0.6) is 11.5 Å². The highest BCUT2D eigenvalue weighted by molar-refractivity contribution is 7.09. The van der Waals surface area contributed by atoms with Crippen LogP contribution in [0.2, 0.25) is 0 Å². The molecule has 0 aliphatic rings. The summed E-state index contributed by atoms with van der Waals surface area (Å²) < 4.78 is 10.7. The van der Waals surface area contributed by atoms with Gasteiger partial charge in [0.15, 0.2) is 11.5 Å². The van der Waals surface area contributed by atoms with Crippen LogP contribution in [-0.2, 0) is 13.2 Å². The molecule has 0 unspecified atom stereocenters. The number of benzene rings is 1. The topological polar surface area (TPSA) is 101 Å². The highest BCUT2D eigenvalue weighted by atomic mass is 32.1. The number of ether oxygens (including phenoxy) is 2. The van der Waals surface area contributed by atoms with Gasteiger partial charge in [0.05, 0.1) is 18.1 Å². The SMILES string of the molecule is COc1cc(CN)c([N+](=O)[O-])cc1OCc1nccs1. The minimum Gasteiger partial charge on any atom is -0.493 e. The first-order chi connectivity index (χ1) is 9.65. The van der Waals surface area contributed by atoms with Crippen LogP contribution in [0.25, 0.3) is 0 Å². The van der Waals surface area contributed by atoms with Crippen LogP contribution in [-0.4, -0.2) is 17.0 Å². The molecule has 20 heavy (non-hydrogen) atoms. The maximum absolute atomic E-state index is 11.0. The van der Waals surface area contributed by atoms with E-state index in [-0.39, 0.29) is 18.8 Å². The van der Waals surface area contributed by atoms with Gasteiger partial charge in [-0.3, -0.25) is 10.1 Å². The first-order valence-electron chi connectivity index (χ1n) is 5.72. The average Bonchev–Trinajstić information content (AvgIpc) is 2.97. The number of nitrogens with zero attached hydrogens (tertiary/aromatic N) is 2. The summed E-state index contributed by atoms with van der Waals surface area (Å²) in [6, 6.07) is 2.85. The summed E-state index contributed by atoms with van der Waals surface area (Å²) in [7, 11) is 1.47. The normalized spacial score (nSPS) is 10.3. The predicted molar refractivity (Wildman–Crippen MR) is 74.0 cm³/mol. The Morgan fingerprint density at radius 3 is 2.80 bits per heavy atom.